The quantitative estimate of drug-likeness (QED) is 0.402. The van der Waals surface area contributed by atoms with E-state index in [4.69, 9.17) is 4.74 Å². The van der Waals surface area contributed by atoms with Crippen LogP contribution >= 0.6 is 0 Å². The number of nitrogens with zero attached hydrogens (tertiary/aromatic N) is 3. The molecule has 0 radical (unpaired) electrons. The molecule has 176 valence electrons. The van der Waals surface area contributed by atoms with Crippen molar-refractivity contribution in [2.24, 2.45) is 0 Å². The van der Waals surface area contributed by atoms with Gasteiger partial charge in [-0.2, -0.15) is 5.26 Å². The van der Waals surface area contributed by atoms with Crippen LogP contribution in [0.15, 0.2) is 60.7 Å². The Morgan fingerprint density at radius 2 is 1.71 bits per heavy atom. The fourth-order valence-corrected chi connectivity index (χ4v) is 5.13. The van der Waals surface area contributed by atoms with Gasteiger partial charge in [-0.05, 0) is 79.4 Å². The van der Waals surface area contributed by atoms with Crippen LogP contribution < -0.4 is 0 Å². The SMILES string of the molecule is Cc1ccc(C(=O)N2CCOCC2)c(C)c1Cc1cc2c(C)cc(C#N)cc2n1-c1ccccc1. The normalized spacial score (nSPS) is 13.7. The summed E-state index contributed by atoms with van der Waals surface area (Å²) < 4.78 is 7.68. The first-order valence-corrected chi connectivity index (χ1v) is 12.0. The van der Waals surface area contributed by atoms with Crippen LogP contribution in [0.3, 0.4) is 0 Å². The number of rotatable bonds is 4. The van der Waals surface area contributed by atoms with E-state index in [0.717, 1.165) is 39.0 Å². The van der Waals surface area contributed by atoms with Crippen molar-refractivity contribution in [2.45, 2.75) is 27.2 Å². The molecule has 0 bridgehead atoms. The number of fused-ring (bicyclic) bond motifs is 1. The highest BCUT2D eigenvalue weighted by Crippen LogP contribution is 2.31. The number of benzene rings is 3. The van der Waals surface area contributed by atoms with Crippen LogP contribution in [0.5, 0.6) is 0 Å². The van der Waals surface area contributed by atoms with E-state index in [1.54, 1.807) is 0 Å². The van der Waals surface area contributed by atoms with Gasteiger partial charge in [0.15, 0.2) is 0 Å². The van der Waals surface area contributed by atoms with Gasteiger partial charge in [-0.3, -0.25) is 4.79 Å². The second-order valence-electron chi connectivity index (χ2n) is 9.26. The van der Waals surface area contributed by atoms with Crippen molar-refractivity contribution >= 4 is 16.8 Å². The summed E-state index contributed by atoms with van der Waals surface area (Å²) in [5, 5.41) is 10.7. The summed E-state index contributed by atoms with van der Waals surface area (Å²) in [4.78, 5) is 15.2. The minimum Gasteiger partial charge on any atom is -0.378 e. The first-order chi connectivity index (χ1) is 17.0. The number of aromatic nitrogens is 1. The molecular formula is C30H29N3O2. The third-order valence-corrected chi connectivity index (χ3v) is 7.07. The average Bonchev–Trinajstić information content (AvgIpc) is 3.25. The van der Waals surface area contributed by atoms with Crippen LogP contribution in [0.1, 0.15) is 43.9 Å². The summed E-state index contributed by atoms with van der Waals surface area (Å²) >= 11 is 0. The number of nitriles is 1. The molecule has 0 unspecified atom stereocenters. The Bertz CT molecular complexity index is 1450. The Morgan fingerprint density at radius 1 is 0.971 bits per heavy atom. The topological polar surface area (TPSA) is 58.3 Å². The van der Waals surface area contributed by atoms with Crippen molar-refractivity contribution in [3.05, 3.63) is 99.7 Å². The van der Waals surface area contributed by atoms with Crippen LogP contribution in [0.25, 0.3) is 16.6 Å². The maximum Gasteiger partial charge on any atom is 0.254 e. The molecule has 2 heterocycles. The molecular weight excluding hydrogens is 434 g/mol. The summed E-state index contributed by atoms with van der Waals surface area (Å²) in [6, 6.07) is 22.7. The van der Waals surface area contributed by atoms with Crippen molar-refractivity contribution in [3.63, 3.8) is 0 Å². The molecule has 5 nitrogen and oxygen atoms in total. The van der Waals surface area contributed by atoms with E-state index >= 15 is 0 Å². The Balaban J connectivity index is 1.64. The van der Waals surface area contributed by atoms with E-state index < -0.39 is 0 Å². The van der Waals surface area contributed by atoms with E-state index in [0.29, 0.717) is 38.3 Å². The molecule has 5 rings (SSSR count). The van der Waals surface area contributed by atoms with Gasteiger partial charge in [0.1, 0.15) is 0 Å². The van der Waals surface area contributed by atoms with Crippen molar-refractivity contribution < 1.29 is 9.53 Å². The monoisotopic (exact) mass is 463 g/mol. The summed E-state index contributed by atoms with van der Waals surface area (Å²) in [5.74, 6) is 0.0742. The molecule has 35 heavy (non-hydrogen) atoms. The Hall–Kier alpha value is -3.88. The third-order valence-electron chi connectivity index (χ3n) is 7.07. The molecule has 0 spiro atoms. The Labute approximate surface area is 206 Å². The zero-order chi connectivity index (χ0) is 24.5. The average molecular weight is 464 g/mol. The molecule has 0 aliphatic carbocycles. The Kier molecular flexibility index (Phi) is 6.15. The van der Waals surface area contributed by atoms with Gasteiger partial charge in [0.25, 0.3) is 5.91 Å². The predicted octanol–water partition coefficient (Wildman–Crippen LogP) is 5.49. The maximum atomic E-state index is 13.3. The second kappa shape index (κ2) is 9.40. The molecule has 1 saturated heterocycles. The molecule has 0 saturated carbocycles. The second-order valence-corrected chi connectivity index (χ2v) is 9.26. The molecule has 5 heteroatoms. The number of aryl methyl sites for hydroxylation is 2. The number of ether oxygens (including phenoxy) is 1. The lowest BCUT2D eigenvalue weighted by atomic mass is 9.93. The van der Waals surface area contributed by atoms with Gasteiger partial charge >= 0.3 is 0 Å². The number of amides is 1. The van der Waals surface area contributed by atoms with E-state index in [2.05, 4.69) is 55.7 Å². The fraction of sp³-hybridized carbons (Fsp3) is 0.267. The lowest BCUT2D eigenvalue weighted by molar-refractivity contribution is 0.0302. The van der Waals surface area contributed by atoms with Crippen molar-refractivity contribution in [1.29, 1.82) is 5.26 Å². The van der Waals surface area contributed by atoms with Crippen molar-refractivity contribution in [1.82, 2.24) is 9.47 Å². The molecule has 3 aromatic carbocycles. The third kappa shape index (κ3) is 4.22. The number of hydrogen-bond donors (Lipinski definition) is 0. The lowest BCUT2D eigenvalue weighted by Crippen LogP contribution is -2.41. The fourth-order valence-electron chi connectivity index (χ4n) is 5.13. The number of morpholine rings is 1. The molecule has 1 aliphatic rings. The van der Waals surface area contributed by atoms with E-state index in [-0.39, 0.29) is 5.91 Å². The first kappa shape index (κ1) is 22.9. The number of carbonyl (C=O) groups is 1. The summed E-state index contributed by atoms with van der Waals surface area (Å²) in [6.07, 6.45) is 0.687. The smallest absolute Gasteiger partial charge is 0.254 e. The zero-order valence-corrected chi connectivity index (χ0v) is 20.5. The van der Waals surface area contributed by atoms with Gasteiger partial charge in [-0.1, -0.05) is 24.3 Å². The highest BCUT2D eigenvalue weighted by atomic mass is 16.5. The van der Waals surface area contributed by atoms with E-state index in [1.807, 2.05) is 41.3 Å². The lowest BCUT2D eigenvalue weighted by Gasteiger charge is -2.28. The van der Waals surface area contributed by atoms with Gasteiger partial charge in [0.05, 0.1) is 30.4 Å². The van der Waals surface area contributed by atoms with Crippen LogP contribution in [-0.4, -0.2) is 41.7 Å². The molecule has 0 N–H and O–H groups in total. The van der Waals surface area contributed by atoms with Gasteiger partial charge in [-0.15, -0.1) is 0 Å². The minimum absolute atomic E-state index is 0.0742. The molecule has 4 aromatic rings. The highest BCUT2D eigenvalue weighted by molar-refractivity contribution is 5.96. The standard InChI is InChI=1S/C30H29N3O2/c1-20-9-10-26(30(34)32-11-13-35-14-12-32)22(3)27(20)17-25-18-28-21(2)15-23(19-31)16-29(28)33(25)24-7-5-4-6-8-24/h4-10,15-16,18H,11-14,17H2,1-3H3. The number of para-hydroxylation sites is 1. The van der Waals surface area contributed by atoms with Gasteiger partial charge < -0.3 is 14.2 Å². The zero-order valence-electron chi connectivity index (χ0n) is 20.5. The first-order valence-electron chi connectivity index (χ1n) is 12.0. The number of carbonyl (C=O) groups excluding carboxylic acids is 1. The van der Waals surface area contributed by atoms with Crippen molar-refractivity contribution in [2.75, 3.05) is 26.3 Å². The molecule has 1 amide bonds. The largest absolute Gasteiger partial charge is 0.378 e. The van der Waals surface area contributed by atoms with E-state index in [1.165, 1.54) is 11.1 Å². The molecule has 1 aliphatic heterocycles. The van der Waals surface area contributed by atoms with Crippen LogP contribution in [0.2, 0.25) is 0 Å². The number of hydrogen-bond acceptors (Lipinski definition) is 3. The van der Waals surface area contributed by atoms with Gasteiger partial charge in [0, 0.05) is 41.8 Å². The van der Waals surface area contributed by atoms with Gasteiger partial charge in [0.2, 0.25) is 0 Å². The van der Waals surface area contributed by atoms with Gasteiger partial charge in [-0.25, -0.2) is 0 Å². The summed E-state index contributed by atoms with van der Waals surface area (Å²) in [5.41, 5.74) is 9.08. The van der Waals surface area contributed by atoms with Crippen molar-refractivity contribution in [3.8, 4) is 11.8 Å². The maximum absolute atomic E-state index is 13.3. The summed E-state index contributed by atoms with van der Waals surface area (Å²) in [6.45, 7) is 8.66. The van der Waals surface area contributed by atoms with E-state index in [9.17, 15) is 10.1 Å². The molecule has 1 aromatic heterocycles. The van der Waals surface area contributed by atoms with Crippen LogP contribution in [-0.2, 0) is 11.2 Å². The predicted molar refractivity (Wildman–Crippen MR) is 138 cm³/mol. The Morgan fingerprint density at radius 3 is 2.43 bits per heavy atom. The molecule has 0 atom stereocenters. The van der Waals surface area contributed by atoms with Crippen LogP contribution in [0.4, 0.5) is 0 Å². The summed E-state index contributed by atoms with van der Waals surface area (Å²) in [7, 11) is 0. The van der Waals surface area contributed by atoms with Crippen LogP contribution in [0, 0.1) is 32.1 Å². The highest BCUT2D eigenvalue weighted by Gasteiger charge is 2.23. The molecule has 1 fully saturated rings. The minimum atomic E-state index is 0.0742.